The van der Waals surface area contributed by atoms with Crippen LogP contribution in [0, 0.1) is 0 Å². The Hall–Kier alpha value is -3.00. The molecule has 0 amide bonds. The second kappa shape index (κ2) is 8.02. The maximum absolute atomic E-state index is 5.89. The number of para-hydroxylation sites is 2. The molecule has 0 aliphatic carbocycles. The van der Waals surface area contributed by atoms with E-state index >= 15 is 0 Å². The Balaban J connectivity index is 1.74. The van der Waals surface area contributed by atoms with Crippen LogP contribution in [0.3, 0.4) is 0 Å². The number of hydrogen-bond donors (Lipinski definition) is 0. The maximum atomic E-state index is 5.89. The summed E-state index contributed by atoms with van der Waals surface area (Å²) in [5.74, 6) is 1.72. The maximum Gasteiger partial charge on any atom is 0.119 e. The van der Waals surface area contributed by atoms with Crippen molar-refractivity contribution >= 4 is 6.08 Å². The van der Waals surface area contributed by atoms with Crippen LogP contribution in [0.15, 0.2) is 85.4 Å². The summed E-state index contributed by atoms with van der Waals surface area (Å²) in [4.78, 5) is 0. The molecular weight excluding hydrogens is 296 g/mol. The van der Waals surface area contributed by atoms with Crippen LogP contribution < -0.4 is 9.47 Å². The van der Waals surface area contributed by atoms with Crippen molar-refractivity contribution < 1.29 is 9.47 Å². The molecule has 0 heterocycles. The van der Waals surface area contributed by atoms with Gasteiger partial charge in [-0.25, -0.2) is 0 Å². The molecule has 0 unspecified atom stereocenters. The van der Waals surface area contributed by atoms with Crippen molar-refractivity contribution in [1.82, 2.24) is 0 Å². The van der Waals surface area contributed by atoms with Crippen molar-refractivity contribution in [3.05, 3.63) is 102 Å². The highest BCUT2D eigenvalue weighted by atomic mass is 16.5. The van der Waals surface area contributed by atoms with E-state index < -0.39 is 0 Å². The minimum atomic E-state index is 0.499. The van der Waals surface area contributed by atoms with Crippen LogP contribution in [0.5, 0.6) is 11.5 Å². The Kier molecular flexibility index (Phi) is 5.31. The highest BCUT2D eigenvalue weighted by Gasteiger charge is 2.06. The lowest BCUT2D eigenvalue weighted by Crippen LogP contribution is -2.04. The van der Waals surface area contributed by atoms with Gasteiger partial charge in [-0.15, -0.1) is 0 Å². The second-order valence-electron chi connectivity index (χ2n) is 5.44. The van der Waals surface area contributed by atoms with E-state index in [9.17, 15) is 0 Å². The van der Waals surface area contributed by atoms with Gasteiger partial charge in [0.2, 0.25) is 0 Å². The topological polar surface area (TPSA) is 18.5 Å². The van der Waals surface area contributed by atoms with E-state index in [2.05, 4.69) is 18.7 Å². The molecule has 3 aromatic rings. The Labute approximate surface area is 143 Å². The first-order valence-electron chi connectivity index (χ1n) is 7.95. The van der Waals surface area contributed by atoms with Gasteiger partial charge in [0.05, 0.1) is 0 Å². The zero-order valence-electron chi connectivity index (χ0n) is 13.5. The summed E-state index contributed by atoms with van der Waals surface area (Å²) in [6, 6.07) is 25.9. The molecule has 0 aliphatic rings. The predicted molar refractivity (Wildman–Crippen MR) is 98.1 cm³/mol. The number of benzene rings is 3. The van der Waals surface area contributed by atoms with E-state index in [4.69, 9.17) is 9.47 Å². The standard InChI is InChI=1S/C22H20O2/c1-2-18-13-14-19(16-23-21-9-5-3-6-10-21)20(15-18)17-24-22-11-7-4-8-12-22/h2-15H,1,16-17H2. The van der Waals surface area contributed by atoms with Gasteiger partial charge in [0.1, 0.15) is 24.7 Å². The van der Waals surface area contributed by atoms with Crippen LogP contribution in [-0.2, 0) is 13.2 Å². The van der Waals surface area contributed by atoms with Gasteiger partial charge < -0.3 is 9.47 Å². The van der Waals surface area contributed by atoms with Crippen LogP contribution in [0.25, 0.3) is 6.08 Å². The van der Waals surface area contributed by atoms with Crippen LogP contribution in [0.4, 0.5) is 0 Å². The van der Waals surface area contributed by atoms with Gasteiger partial charge in [-0.05, 0) is 47.0 Å². The third-order valence-corrected chi connectivity index (χ3v) is 3.74. The molecule has 2 nitrogen and oxygen atoms in total. The third-order valence-electron chi connectivity index (χ3n) is 3.74. The first kappa shape index (κ1) is 15.9. The molecule has 2 heteroatoms. The van der Waals surface area contributed by atoms with E-state index in [1.807, 2.05) is 72.8 Å². The fourth-order valence-corrected chi connectivity index (χ4v) is 2.40. The van der Waals surface area contributed by atoms with Crippen molar-refractivity contribution in [1.29, 1.82) is 0 Å². The van der Waals surface area contributed by atoms with Crippen LogP contribution in [0.1, 0.15) is 16.7 Å². The average molecular weight is 316 g/mol. The van der Waals surface area contributed by atoms with E-state index in [1.54, 1.807) is 0 Å². The molecule has 3 rings (SSSR count). The molecule has 0 N–H and O–H groups in total. The van der Waals surface area contributed by atoms with Crippen molar-refractivity contribution in [3.63, 3.8) is 0 Å². The molecule has 0 aliphatic heterocycles. The smallest absolute Gasteiger partial charge is 0.119 e. The first-order chi connectivity index (χ1) is 11.8. The molecule has 0 fully saturated rings. The fraction of sp³-hybridized carbons (Fsp3) is 0.0909. The zero-order valence-corrected chi connectivity index (χ0v) is 13.5. The molecule has 0 atom stereocenters. The molecule has 120 valence electrons. The van der Waals surface area contributed by atoms with E-state index in [1.165, 1.54) is 0 Å². The summed E-state index contributed by atoms with van der Waals surface area (Å²) in [6.07, 6.45) is 1.84. The second-order valence-corrected chi connectivity index (χ2v) is 5.44. The van der Waals surface area contributed by atoms with Gasteiger partial charge in [-0.1, -0.05) is 61.2 Å². The number of ether oxygens (including phenoxy) is 2. The van der Waals surface area contributed by atoms with Crippen LogP contribution in [0.2, 0.25) is 0 Å². The highest BCUT2D eigenvalue weighted by molar-refractivity contribution is 5.50. The van der Waals surface area contributed by atoms with Gasteiger partial charge in [0.25, 0.3) is 0 Å². The fourth-order valence-electron chi connectivity index (χ4n) is 2.40. The molecular formula is C22H20O2. The lowest BCUT2D eigenvalue weighted by Gasteiger charge is -2.13. The molecule has 24 heavy (non-hydrogen) atoms. The van der Waals surface area contributed by atoms with Gasteiger partial charge in [-0.3, -0.25) is 0 Å². The normalized spacial score (nSPS) is 10.2. The largest absolute Gasteiger partial charge is 0.489 e. The van der Waals surface area contributed by atoms with E-state index in [0.29, 0.717) is 13.2 Å². The molecule has 3 aromatic carbocycles. The molecule has 0 saturated heterocycles. The van der Waals surface area contributed by atoms with Gasteiger partial charge >= 0.3 is 0 Å². The Morgan fingerprint density at radius 1 is 0.667 bits per heavy atom. The minimum absolute atomic E-state index is 0.499. The molecule has 0 radical (unpaired) electrons. The molecule has 0 saturated carbocycles. The minimum Gasteiger partial charge on any atom is -0.489 e. The Morgan fingerprint density at radius 3 is 1.75 bits per heavy atom. The quantitative estimate of drug-likeness (QED) is 0.574. The monoisotopic (exact) mass is 316 g/mol. The van der Waals surface area contributed by atoms with Crippen molar-refractivity contribution in [2.24, 2.45) is 0 Å². The van der Waals surface area contributed by atoms with E-state index in [-0.39, 0.29) is 0 Å². The summed E-state index contributed by atoms with van der Waals surface area (Å²) >= 11 is 0. The molecule has 0 bridgehead atoms. The Morgan fingerprint density at radius 2 is 1.21 bits per heavy atom. The van der Waals surface area contributed by atoms with Crippen molar-refractivity contribution in [3.8, 4) is 11.5 Å². The molecule has 0 spiro atoms. The highest BCUT2D eigenvalue weighted by Crippen LogP contribution is 2.19. The van der Waals surface area contributed by atoms with Gasteiger partial charge in [0.15, 0.2) is 0 Å². The van der Waals surface area contributed by atoms with Crippen molar-refractivity contribution in [2.75, 3.05) is 0 Å². The van der Waals surface area contributed by atoms with Crippen LogP contribution >= 0.6 is 0 Å². The summed E-state index contributed by atoms with van der Waals surface area (Å²) in [7, 11) is 0. The van der Waals surface area contributed by atoms with Gasteiger partial charge in [-0.2, -0.15) is 0 Å². The molecule has 0 aromatic heterocycles. The lowest BCUT2D eigenvalue weighted by molar-refractivity contribution is 0.285. The Bertz CT molecular complexity index is 780. The van der Waals surface area contributed by atoms with Crippen LogP contribution in [-0.4, -0.2) is 0 Å². The lowest BCUT2D eigenvalue weighted by atomic mass is 10.0. The first-order valence-corrected chi connectivity index (χ1v) is 7.95. The zero-order chi connectivity index (χ0) is 16.6. The van der Waals surface area contributed by atoms with Gasteiger partial charge in [0, 0.05) is 0 Å². The number of rotatable bonds is 7. The summed E-state index contributed by atoms with van der Waals surface area (Å²) in [5.41, 5.74) is 3.29. The van der Waals surface area contributed by atoms with Crippen molar-refractivity contribution in [2.45, 2.75) is 13.2 Å². The predicted octanol–water partition coefficient (Wildman–Crippen LogP) is 5.49. The summed E-state index contributed by atoms with van der Waals surface area (Å²) in [6.45, 7) is 4.85. The SMILES string of the molecule is C=Cc1ccc(COc2ccccc2)c(COc2ccccc2)c1. The third kappa shape index (κ3) is 4.26. The number of hydrogen-bond acceptors (Lipinski definition) is 2. The summed E-state index contributed by atoms with van der Waals surface area (Å²) in [5, 5.41) is 0. The average Bonchev–Trinajstić information content (AvgIpc) is 2.66. The van der Waals surface area contributed by atoms with E-state index in [0.717, 1.165) is 28.2 Å². The summed E-state index contributed by atoms with van der Waals surface area (Å²) < 4.78 is 11.8.